The van der Waals surface area contributed by atoms with Gasteiger partial charge in [-0.2, -0.15) is 0 Å². The fourth-order valence-electron chi connectivity index (χ4n) is 7.08. The molecule has 4 N–H and O–H groups in total. The summed E-state index contributed by atoms with van der Waals surface area (Å²) < 4.78 is 22.1. The molecule has 0 aromatic rings. The number of esters is 2. The van der Waals surface area contributed by atoms with Crippen LogP contribution in [0.2, 0.25) is 0 Å². The molecular weight excluding hydrogens is 725 g/mol. The molecule has 0 spiro atoms. The summed E-state index contributed by atoms with van der Waals surface area (Å²) in [4.78, 5) is 25.3. The van der Waals surface area contributed by atoms with Crippen molar-refractivity contribution >= 4 is 11.9 Å². The molecule has 10 nitrogen and oxygen atoms in total. The molecule has 334 valence electrons. The monoisotopic (exact) mass is 811 g/mol. The highest BCUT2D eigenvalue weighted by Crippen LogP contribution is 2.22. The van der Waals surface area contributed by atoms with Gasteiger partial charge in [0.1, 0.15) is 31.0 Å². The molecule has 1 aliphatic heterocycles. The number of carbonyl (C=O) groups excluding carboxylic acids is 2. The van der Waals surface area contributed by atoms with Gasteiger partial charge in [-0.05, 0) is 51.4 Å². The lowest BCUT2D eigenvalue weighted by molar-refractivity contribution is -0.305. The van der Waals surface area contributed by atoms with E-state index in [-0.39, 0.29) is 32.0 Å². The minimum Gasteiger partial charge on any atom is -0.462 e. The van der Waals surface area contributed by atoms with Gasteiger partial charge in [0.2, 0.25) is 0 Å². The lowest BCUT2D eigenvalue weighted by Crippen LogP contribution is -2.59. The third-order valence-corrected chi connectivity index (χ3v) is 10.8. The van der Waals surface area contributed by atoms with Crippen LogP contribution < -0.4 is 0 Å². The minimum absolute atomic E-state index is 0.148. The van der Waals surface area contributed by atoms with E-state index >= 15 is 0 Å². The lowest BCUT2D eigenvalue weighted by atomic mass is 9.99. The second-order valence-electron chi connectivity index (χ2n) is 16.2. The van der Waals surface area contributed by atoms with Gasteiger partial charge in [-0.1, -0.05) is 167 Å². The molecule has 57 heavy (non-hydrogen) atoms. The minimum atomic E-state index is -1.60. The Balaban J connectivity index is 2.33. The van der Waals surface area contributed by atoms with Gasteiger partial charge in [0, 0.05) is 12.8 Å². The van der Waals surface area contributed by atoms with Crippen molar-refractivity contribution in [1.29, 1.82) is 0 Å². The van der Waals surface area contributed by atoms with E-state index in [0.717, 1.165) is 44.9 Å². The molecule has 6 atom stereocenters. The Hall–Kier alpha value is -1.82. The molecule has 0 saturated carbocycles. The topological polar surface area (TPSA) is 152 Å². The van der Waals surface area contributed by atoms with Crippen LogP contribution in [-0.2, 0) is 28.5 Å². The van der Waals surface area contributed by atoms with Gasteiger partial charge in [0.25, 0.3) is 0 Å². The first-order valence-electron chi connectivity index (χ1n) is 23.4. The second-order valence-corrected chi connectivity index (χ2v) is 16.2. The number of hydrogen-bond acceptors (Lipinski definition) is 10. The first-order valence-corrected chi connectivity index (χ1v) is 23.4. The number of unbranched alkanes of at least 4 members (excludes halogenated alkanes) is 24. The molecular formula is C47H86O10. The largest absolute Gasteiger partial charge is 0.462 e. The van der Waals surface area contributed by atoms with E-state index < -0.39 is 49.4 Å². The maximum atomic E-state index is 12.7. The van der Waals surface area contributed by atoms with Crippen molar-refractivity contribution in [2.24, 2.45) is 0 Å². The average Bonchev–Trinajstić information content (AvgIpc) is 3.21. The van der Waals surface area contributed by atoms with Gasteiger partial charge in [0.05, 0.1) is 13.2 Å². The first-order chi connectivity index (χ1) is 27.8. The molecule has 10 heteroatoms. The zero-order chi connectivity index (χ0) is 41.6. The van der Waals surface area contributed by atoms with Crippen LogP contribution >= 0.6 is 0 Å². The molecule has 0 radical (unpaired) electrons. The number of carbonyl (C=O) groups is 2. The summed E-state index contributed by atoms with van der Waals surface area (Å²) in [6.45, 7) is 3.39. The van der Waals surface area contributed by atoms with E-state index in [1.165, 1.54) is 128 Å². The highest BCUT2D eigenvalue weighted by atomic mass is 16.7. The Morgan fingerprint density at radius 3 is 1.44 bits per heavy atom. The summed E-state index contributed by atoms with van der Waals surface area (Å²) in [5.41, 5.74) is 0. The van der Waals surface area contributed by atoms with E-state index in [0.29, 0.717) is 6.42 Å². The SMILES string of the molecule is CCCCCCCC/C=C/CCCCCCCCCC(=O)OC[C@@H](CO[C@H]1O[C@@H](CO)[C@@H](O)C(O)C1O)OC(=O)CC/C=C/CCCCCCCCCCCCC. The highest BCUT2D eigenvalue weighted by Gasteiger charge is 2.44. The van der Waals surface area contributed by atoms with Gasteiger partial charge in [-0.3, -0.25) is 9.59 Å². The van der Waals surface area contributed by atoms with Crippen LogP contribution in [-0.4, -0.2) is 89.0 Å². The van der Waals surface area contributed by atoms with Crippen molar-refractivity contribution < 1.29 is 49.0 Å². The van der Waals surface area contributed by atoms with Crippen molar-refractivity contribution in [3.63, 3.8) is 0 Å². The van der Waals surface area contributed by atoms with E-state index in [9.17, 15) is 30.0 Å². The van der Waals surface area contributed by atoms with E-state index in [2.05, 4.69) is 32.1 Å². The average molecular weight is 811 g/mol. The third kappa shape index (κ3) is 30.0. The second kappa shape index (κ2) is 38.4. The maximum Gasteiger partial charge on any atom is 0.306 e. The van der Waals surface area contributed by atoms with Crippen LogP contribution in [0.4, 0.5) is 0 Å². The molecule has 0 aromatic carbocycles. The van der Waals surface area contributed by atoms with Gasteiger partial charge in [-0.25, -0.2) is 0 Å². The Kier molecular flexibility index (Phi) is 35.8. The van der Waals surface area contributed by atoms with Crippen molar-refractivity contribution in [1.82, 2.24) is 0 Å². The summed E-state index contributed by atoms with van der Waals surface area (Å²) in [5.74, 6) is -0.862. The number of rotatable bonds is 39. The Bertz CT molecular complexity index is 985. The van der Waals surface area contributed by atoms with E-state index in [1.54, 1.807) is 0 Å². The van der Waals surface area contributed by atoms with Crippen LogP contribution in [0.1, 0.15) is 206 Å². The van der Waals surface area contributed by atoms with Gasteiger partial charge in [-0.15, -0.1) is 0 Å². The number of ether oxygens (including phenoxy) is 4. The molecule has 0 aliphatic carbocycles. The summed E-state index contributed by atoms with van der Waals surface area (Å²) in [6, 6.07) is 0. The predicted octanol–water partition coefficient (Wildman–Crippen LogP) is 10.1. The van der Waals surface area contributed by atoms with Crippen LogP contribution in [0, 0.1) is 0 Å². The van der Waals surface area contributed by atoms with Gasteiger partial charge >= 0.3 is 11.9 Å². The zero-order valence-corrected chi connectivity index (χ0v) is 36.3. The standard InChI is InChI=1S/C47H86O10/c1-3-5-7-9-11-13-15-17-19-20-22-23-25-27-29-31-33-35-42(49)54-38-40(39-55-47-46(53)45(52)44(51)41(37-48)57-47)56-43(50)36-34-32-30-28-26-24-21-18-16-14-12-10-8-6-4-2/h17,19,30,32,40-41,44-48,51-53H,3-16,18,20-29,31,33-39H2,1-2H3/b19-17+,32-30+/t40-,41-,44+,45?,46?,47-/m0/s1. The van der Waals surface area contributed by atoms with E-state index in [4.69, 9.17) is 18.9 Å². The molecule has 0 amide bonds. The lowest BCUT2D eigenvalue weighted by Gasteiger charge is -2.39. The summed E-state index contributed by atoms with van der Waals surface area (Å²) in [5, 5.41) is 40.1. The molecule has 1 aliphatic rings. The molecule has 1 fully saturated rings. The number of allylic oxidation sites excluding steroid dienone is 4. The molecule has 1 saturated heterocycles. The van der Waals surface area contributed by atoms with Crippen molar-refractivity contribution in [2.75, 3.05) is 19.8 Å². The summed E-state index contributed by atoms with van der Waals surface area (Å²) >= 11 is 0. The Labute approximate surface area is 347 Å². The van der Waals surface area contributed by atoms with Gasteiger partial charge in [0.15, 0.2) is 12.4 Å². The normalized spacial score (nSPS) is 20.4. The van der Waals surface area contributed by atoms with Crippen LogP contribution in [0.15, 0.2) is 24.3 Å². The summed E-state index contributed by atoms with van der Waals surface area (Å²) in [7, 11) is 0. The first kappa shape index (κ1) is 53.2. The van der Waals surface area contributed by atoms with E-state index in [1.807, 2.05) is 6.08 Å². The fraction of sp³-hybridized carbons (Fsp3) is 0.872. The van der Waals surface area contributed by atoms with Crippen molar-refractivity contribution in [2.45, 2.75) is 243 Å². The van der Waals surface area contributed by atoms with Crippen LogP contribution in [0.25, 0.3) is 0 Å². The molecule has 0 aromatic heterocycles. The van der Waals surface area contributed by atoms with Gasteiger partial charge < -0.3 is 39.4 Å². The third-order valence-electron chi connectivity index (χ3n) is 10.8. The van der Waals surface area contributed by atoms with Crippen molar-refractivity contribution in [3.05, 3.63) is 24.3 Å². The quantitative estimate of drug-likeness (QED) is 0.0268. The smallest absolute Gasteiger partial charge is 0.306 e. The Morgan fingerprint density at radius 2 is 0.965 bits per heavy atom. The van der Waals surface area contributed by atoms with Crippen LogP contribution in [0.3, 0.4) is 0 Å². The van der Waals surface area contributed by atoms with Crippen LogP contribution in [0.5, 0.6) is 0 Å². The molecule has 1 rings (SSSR count). The summed E-state index contributed by atoms with van der Waals surface area (Å²) in [6.07, 6.45) is 34.8. The Morgan fingerprint density at radius 1 is 0.526 bits per heavy atom. The number of aliphatic hydroxyl groups is 4. The number of hydrogen-bond donors (Lipinski definition) is 4. The molecule has 2 unspecified atom stereocenters. The molecule has 0 bridgehead atoms. The predicted molar refractivity (Wildman–Crippen MR) is 229 cm³/mol. The maximum absolute atomic E-state index is 12.7. The fourth-order valence-corrected chi connectivity index (χ4v) is 7.08. The number of aliphatic hydroxyl groups excluding tert-OH is 4. The highest BCUT2D eigenvalue weighted by molar-refractivity contribution is 5.70. The molecule has 1 heterocycles. The zero-order valence-electron chi connectivity index (χ0n) is 36.3. The van der Waals surface area contributed by atoms with Crippen molar-refractivity contribution in [3.8, 4) is 0 Å².